The fraction of sp³-hybridized carbons (Fsp3) is 0.152. The van der Waals surface area contributed by atoms with Gasteiger partial charge in [-0.25, -0.2) is 0 Å². The van der Waals surface area contributed by atoms with Crippen LogP contribution in [-0.4, -0.2) is 56.0 Å². The lowest BCUT2D eigenvalue weighted by molar-refractivity contribution is 0.0971. The molecule has 0 atom stereocenters. The summed E-state index contributed by atoms with van der Waals surface area (Å²) in [7, 11) is 2.84. The summed E-state index contributed by atoms with van der Waals surface area (Å²) >= 11 is 0. The van der Waals surface area contributed by atoms with Gasteiger partial charge >= 0.3 is 0 Å². The maximum atomic E-state index is 13.8. The summed E-state index contributed by atoms with van der Waals surface area (Å²) in [5.74, 6) is -2.93. The zero-order valence-electron chi connectivity index (χ0n) is 23.7. The van der Waals surface area contributed by atoms with Crippen molar-refractivity contribution in [3.8, 4) is 51.3 Å². The fourth-order valence-corrected chi connectivity index (χ4v) is 6.35. The second-order valence-electron chi connectivity index (χ2n) is 10.7. The largest absolute Gasteiger partial charge is 0.508 e. The molecule has 11 nitrogen and oxygen atoms in total. The number of benzene rings is 4. The highest BCUT2D eigenvalue weighted by atomic mass is 16.5. The standard InChI is InChI=1S/C33H24N2O9/c1-13-20(36)11-19-24(27(13)37)31(41)26-25(28(19)38)30(40)23-18(32(26)44-3)9-4-14-10-15-12-34-35(16-5-7-17(43-2)8-6-16)33(42)22(15)29(39)21(14)23/h5-8,10-12,36-37,39-40H,4,9H2,1-3H3. The highest BCUT2D eigenvalue weighted by molar-refractivity contribution is 6.32. The van der Waals surface area contributed by atoms with Gasteiger partial charge in [0.25, 0.3) is 5.56 Å². The van der Waals surface area contributed by atoms with Crippen molar-refractivity contribution >= 4 is 22.3 Å². The lowest BCUT2D eigenvalue weighted by atomic mass is 9.75. The molecule has 0 unspecified atom stereocenters. The number of nitrogens with zero attached hydrogens (tertiary/aromatic N) is 2. The van der Waals surface area contributed by atoms with Gasteiger partial charge in [0.2, 0.25) is 5.78 Å². The number of aromatic hydroxyl groups is 4. The molecule has 0 amide bonds. The van der Waals surface area contributed by atoms with Gasteiger partial charge in [-0.1, -0.05) is 0 Å². The average molecular weight is 593 g/mol. The molecule has 2 aliphatic carbocycles. The number of hydrogen-bond acceptors (Lipinski definition) is 10. The Morgan fingerprint density at radius 1 is 0.773 bits per heavy atom. The first kappa shape index (κ1) is 27.0. The van der Waals surface area contributed by atoms with E-state index >= 15 is 0 Å². The molecule has 4 N–H and O–H groups in total. The van der Waals surface area contributed by atoms with E-state index in [9.17, 15) is 34.8 Å². The van der Waals surface area contributed by atoms with Crippen molar-refractivity contribution in [2.75, 3.05) is 14.2 Å². The second kappa shape index (κ2) is 9.33. The van der Waals surface area contributed by atoms with Gasteiger partial charge < -0.3 is 29.9 Å². The number of carbonyl (C=O) groups excluding carboxylic acids is 2. The van der Waals surface area contributed by atoms with Gasteiger partial charge in [-0.15, -0.1) is 0 Å². The molecular weight excluding hydrogens is 568 g/mol. The van der Waals surface area contributed by atoms with Gasteiger partial charge in [0.15, 0.2) is 5.78 Å². The van der Waals surface area contributed by atoms with Crippen molar-refractivity contribution in [2.45, 2.75) is 19.8 Å². The van der Waals surface area contributed by atoms with Crippen molar-refractivity contribution in [2.24, 2.45) is 0 Å². The number of aromatic nitrogens is 2. The van der Waals surface area contributed by atoms with E-state index in [0.29, 0.717) is 34.4 Å². The van der Waals surface area contributed by atoms with Crippen molar-refractivity contribution in [1.29, 1.82) is 0 Å². The van der Waals surface area contributed by atoms with Crippen molar-refractivity contribution in [1.82, 2.24) is 9.78 Å². The van der Waals surface area contributed by atoms with E-state index in [2.05, 4.69) is 5.10 Å². The van der Waals surface area contributed by atoms with Crippen LogP contribution in [-0.2, 0) is 12.8 Å². The molecule has 11 heteroatoms. The molecule has 4 aromatic carbocycles. The first-order chi connectivity index (χ1) is 21.1. The number of methoxy groups -OCH3 is 2. The van der Waals surface area contributed by atoms with Gasteiger partial charge in [0, 0.05) is 33.2 Å². The van der Waals surface area contributed by atoms with Crippen LogP contribution in [0, 0.1) is 6.92 Å². The van der Waals surface area contributed by atoms with Crippen molar-refractivity contribution in [3.05, 3.63) is 91.9 Å². The normalized spacial score (nSPS) is 13.2. The van der Waals surface area contributed by atoms with Crippen LogP contribution in [0.2, 0.25) is 0 Å². The smallest absolute Gasteiger partial charge is 0.283 e. The Bertz CT molecular complexity index is 2200. The number of hydrogen-bond donors (Lipinski definition) is 4. The van der Waals surface area contributed by atoms with Gasteiger partial charge in [-0.2, -0.15) is 9.78 Å². The van der Waals surface area contributed by atoms with E-state index < -0.39 is 45.7 Å². The number of ketones is 2. The third kappa shape index (κ3) is 3.43. The lowest BCUT2D eigenvalue weighted by Crippen LogP contribution is -2.24. The quantitative estimate of drug-likeness (QED) is 0.235. The number of ether oxygens (including phenoxy) is 2. The lowest BCUT2D eigenvalue weighted by Gasteiger charge is -2.29. The van der Waals surface area contributed by atoms with E-state index in [1.165, 1.54) is 27.3 Å². The number of rotatable bonds is 3. The molecule has 0 saturated carbocycles. The van der Waals surface area contributed by atoms with Crippen LogP contribution < -0.4 is 15.0 Å². The van der Waals surface area contributed by atoms with E-state index in [1.54, 1.807) is 30.3 Å². The van der Waals surface area contributed by atoms with Gasteiger partial charge in [-0.05, 0) is 61.7 Å². The summed E-state index contributed by atoms with van der Waals surface area (Å²) in [6.45, 7) is 1.40. The summed E-state index contributed by atoms with van der Waals surface area (Å²) in [6, 6.07) is 9.40. The SMILES string of the molecule is COc1ccc(-n2ncc3cc4c(c(O)c3c2=O)-c2c(O)c3c(c(OC)c2CC4)C(=O)c2c(cc(O)c(C)c2O)C3=O)cc1. The maximum absolute atomic E-state index is 13.8. The van der Waals surface area contributed by atoms with Crippen LogP contribution in [0.5, 0.6) is 34.5 Å². The van der Waals surface area contributed by atoms with E-state index in [-0.39, 0.29) is 50.9 Å². The molecule has 0 fully saturated rings. The molecule has 0 spiro atoms. The summed E-state index contributed by atoms with van der Waals surface area (Å²) in [4.78, 5) is 41.4. The molecule has 1 aromatic heterocycles. The Balaban J connectivity index is 1.52. The summed E-state index contributed by atoms with van der Waals surface area (Å²) in [6.07, 6.45) is 2.07. The van der Waals surface area contributed by atoms with Gasteiger partial charge in [0.05, 0.1) is 48.2 Å². The highest BCUT2D eigenvalue weighted by Crippen LogP contribution is 2.54. The van der Waals surface area contributed by atoms with E-state index in [4.69, 9.17) is 9.47 Å². The minimum Gasteiger partial charge on any atom is -0.508 e. The monoisotopic (exact) mass is 592 g/mol. The summed E-state index contributed by atoms with van der Waals surface area (Å²) in [5, 5.41) is 49.1. The molecule has 2 aliphatic rings. The zero-order chi connectivity index (χ0) is 31.2. The van der Waals surface area contributed by atoms with Crippen LogP contribution in [0.15, 0.2) is 47.4 Å². The Morgan fingerprint density at radius 2 is 1.50 bits per heavy atom. The topological polar surface area (TPSA) is 168 Å². The third-order valence-corrected chi connectivity index (χ3v) is 8.53. The molecule has 44 heavy (non-hydrogen) atoms. The Hall–Kier alpha value is -5.84. The molecule has 5 aromatic rings. The summed E-state index contributed by atoms with van der Waals surface area (Å²) < 4.78 is 12.0. The van der Waals surface area contributed by atoms with E-state index in [0.717, 1.165) is 10.7 Å². The van der Waals surface area contributed by atoms with Crippen LogP contribution in [0.4, 0.5) is 0 Å². The molecule has 0 radical (unpaired) electrons. The number of phenols is 4. The minimum absolute atomic E-state index is 0.0115. The number of fused-ring (bicyclic) bond motifs is 6. The highest BCUT2D eigenvalue weighted by Gasteiger charge is 2.42. The molecule has 0 bridgehead atoms. The number of carbonyl (C=O) groups is 2. The molecule has 220 valence electrons. The molecular formula is C33H24N2O9. The van der Waals surface area contributed by atoms with Gasteiger partial charge in [-0.3, -0.25) is 14.4 Å². The molecule has 0 aliphatic heterocycles. The van der Waals surface area contributed by atoms with Crippen LogP contribution in [0.25, 0.3) is 27.6 Å². The zero-order valence-corrected chi connectivity index (χ0v) is 23.7. The van der Waals surface area contributed by atoms with Crippen molar-refractivity contribution in [3.63, 3.8) is 0 Å². The first-order valence-electron chi connectivity index (χ1n) is 13.6. The predicted molar refractivity (Wildman–Crippen MR) is 158 cm³/mol. The van der Waals surface area contributed by atoms with E-state index in [1.807, 2.05) is 0 Å². The van der Waals surface area contributed by atoms with Crippen LogP contribution >= 0.6 is 0 Å². The second-order valence-corrected chi connectivity index (χ2v) is 10.7. The molecule has 1 heterocycles. The van der Waals surface area contributed by atoms with Crippen LogP contribution in [0.1, 0.15) is 48.5 Å². The van der Waals surface area contributed by atoms with Gasteiger partial charge in [0.1, 0.15) is 34.5 Å². The Labute approximate surface area is 248 Å². The average Bonchev–Trinajstić information content (AvgIpc) is 3.02. The maximum Gasteiger partial charge on any atom is 0.283 e. The predicted octanol–water partition coefficient (Wildman–Crippen LogP) is 4.07. The van der Waals surface area contributed by atoms with Crippen LogP contribution in [0.3, 0.4) is 0 Å². The minimum atomic E-state index is -0.822. The fourth-order valence-electron chi connectivity index (χ4n) is 6.35. The molecule has 0 saturated heterocycles. The Morgan fingerprint density at radius 3 is 2.18 bits per heavy atom. The summed E-state index contributed by atoms with van der Waals surface area (Å²) in [5.41, 5.74) is -0.241. The Kier molecular flexibility index (Phi) is 5.73. The first-order valence-corrected chi connectivity index (χ1v) is 13.6. The molecule has 7 rings (SSSR count). The number of aryl methyl sites for hydroxylation is 1. The number of phenolic OH excluding ortho intramolecular Hbond substituents is 4. The third-order valence-electron chi connectivity index (χ3n) is 8.53. The van der Waals surface area contributed by atoms with Crippen molar-refractivity contribution < 1.29 is 39.5 Å².